The fourth-order valence-electron chi connectivity index (χ4n) is 2.72. The van der Waals surface area contributed by atoms with Crippen LogP contribution in [0.25, 0.3) is 22.3 Å². The van der Waals surface area contributed by atoms with Gasteiger partial charge in [0.05, 0.1) is 32.6 Å². The summed E-state index contributed by atoms with van der Waals surface area (Å²) in [5.74, 6) is 0. The minimum absolute atomic E-state index is 0.0775. The fourth-order valence-corrected chi connectivity index (χ4v) is 4.13. The summed E-state index contributed by atoms with van der Waals surface area (Å²) in [5.41, 5.74) is 3.04. The van der Waals surface area contributed by atoms with E-state index in [0.29, 0.717) is 58.0 Å². The Morgan fingerprint density at radius 2 is 1.15 bits per heavy atom. The Bertz CT molecular complexity index is 1010. The number of rotatable bonds is 3. The van der Waals surface area contributed by atoms with Gasteiger partial charge in [0.15, 0.2) is 0 Å². The van der Waals surface area contributed by atoms with Crippen molar-refractivity contribution in [3.63, 3.8) is 0 Å². The summed E-state index contributed by atoms with van der Waals surface area (Å²) in [6.07, 6.45) is 3.28. The molecule has 0 bridgehead atoms. The molecule has 0 atom stereocenters. The molecule has 3 aromatic rings. The molecule has 0 N–H and O–H groups in total. The lowest BCUT2D eigenvalue weighted by atomic mass is 9.92. The molecule has 1 aromatic heterocycles. The van der Waals surface area contributed by atoms with Crippen molar-refractivity contribution in [1.29, 1.82) is 5.26 Å². The van der Waals surface area contributed by atoms with Crippen LogP contribution in [0.15, 0.2) is 36.7 Å². The average molecular weight is 477 g/mol. The van der Waals surface area contributed by atoms with Crippen molar-refractivity contribution in [3.8, 4) is 28.3 Å². The van der Waals surface area contributed by atoms with Gasteiger partial charge < -0.3 is 0 Å². The zero-order valence-electron chi connectivity index (χ0n) is 13.3. The van der Waals surface area contributed by atoms with Gasteiger partial charge in [-0.25, -0.2) is 0 Å². The Morgan fingerprint density at radius 1 is 0.704 bits per heavy atom. The minimum Gasteiger partial charge on any atom is -0.263 e. The first-order valence-corrected chi connectivity index (χ1v) is 9.74. The summed E-state index contributed by atoms with van der Waals surface area (Å²) in [5, 5.41) is 11.4. The SMILES string of the molecule is N#CCc1c(-c2cc(Cl)cc(Cl)c2Cl)cncc1-c1cc(Cl)cc(Cl)c1Cl. The van der Waals surface area contributed by atoms with Gasteiger partial charge in [0.2, 0.25) is 0 Å². The van der Waals surface area contributed by atoms with Crippen LogP contribution < -0.4 is 0 Å². The second-order valence-electron chi connectivity index (χ2n) is 5.55. The first-order valence-electron chi connectivity index (χ1n) is 7.47. The lowest BCUT2D eigenvalue weighted by Crippen LogP contribution is -1.97. The highest BCUT2D eigenvalue weighted by atomic mass is 35.5. The average Bonchev–Trinajstić information content (AvgIpc) is 2.62. The third-order valence-corrected chi connectivity index (χ3v) is 5.92. The number of pyridine rings is 1. The molecule has 8 heteroatoms. The molecule has 0 unspecified atom stereocenters. The van der Waals surface area contributed by atoms with E-state index in [1.165, 1.54) is 0 Å². The standard InChI is InChI=1S/C19H8Cl6N2/c20-9-3-12(18(24)16(22)5-9)14-7-27-8-15(11(14)1-2-26)13-4-10(21)6-17(23)19(13)25/h3-8H,1H2. The molecule has 0 amide bonds. The molecule has 0 fully saturated rings. The molecule has 2 aromatic carbocycles. The zero-order valence-corrected chi connectivity index (χ0v) is 17.9. The largest absolute Gasteiger partial charge is 0.263 e. The topological polar surface area (TPSA) is 36.7 Å². The molecule has 2 nitrogen and oxygen atoms in total. The van der Waals surface area contributed by atoms with Gasteiger partial charge in [0, 0.05) is 44.7 Å². The Balaban J connectivity index is 2.35. The van der Waals surface area contributed by atoms with Crippen molar-refractivity contribution in [3.05, 3.63) is 72.4 Å². The van der Waals surface area contributed by atoms with Crippen LogP contribution in [0.2, 0.25) is 30.1 Å². The van der Waals surface area contributed by atoms with Crippen molar-refractivity contribution < 1.29 is 0 Å². The lowest BCUT2D eigenvalue weighted by Gasteiger charge is -2.16. The quantitative estimate of drug-likeness (QED) is 0.356. The molecule has 0 radical (unpaired) electrons. The number of hydrogen-bond acceptors (Lipinski definition) is 2. The smallest absolute Gasteiger partial charge is 0.0672 e. The van der Waals surface area contributed by atoms with Crippen LogP contribution in [0, 0.1) is 11.3 Å². The van der Waals surface area contributed by atoms with Crippen LogP contribution in [0.1, 0.15) is 5.56 Å². The van der Waals surface area contributed by atoms with Gasteiger partial charge in [-0.2, -0.15) is 5.26 Å². The van der Waals surface area contributed by atoms with Gasteiger partial charge in [0.1, 0.15) is 0 Å². The summed E-state index contributed by atoms with van der Waals surface area (Å²) in [4.78, 5) is 4.28. The summed E-state index contributed by atoms with van der Waals surface area (Å²) >= 11 is 37.4. The van der Waals surface area contributed by atoms with Crippen LogP contribution in [0.4, 0.5) is 0 Å². The van der Waals surface area contributed by atoms with Crippen molar-refractivity contribution in [2.45, 2.75) is 6.42 Å². The number of aromatic nitrogens is 1. The third-order valence-electron chi connectivity index (χ3n) is 3.88. The molecule has 27 heavy (non-hydrogen) atoms. The van der Waals surface area contributed by atoms with Gasteiger partial charge in [-0.05, 0) is 29.8 Å². The highest BCUT2D eigenvalue weighted by Crippen LogP contribution is 2.43. The number of nitriles is 1. The molecule has 0 spiro atoms. The van der Waals surface area contributed by atoms with E-state index >= 15 is 0 Å². The van der Waals surface area contributed by atoms with Gasteiger partial charge >= 0.3 is 0 Å². The molecule has 1 heterocycles. The normalized spacial score (nSPS) is 10.7. The molecule has 0 aliphatic heterocycles. The van der Waals surface area contributed by atoms with Crippen molar-refractivity contribution in [2.75, 3.05) is 0 Å². The molecule has 136 valence electrons. The fraction of sp³-hybridized carbons (Fsp3) is 0.0526. The van der Waals surface area contributed by atoms with Crippen molar-refractivity contribution in [2.24, 2.45) is 0 Å². The van der Waals surface area contributed by atoms with Crippen molar-refractivity contribution >= 4 is 69.6 Å². The van der Waals surface area contributed by atoms with E-state index in [-0.39, 0.29) is 6.42 Å². The molecule has 0 aliphatic rings. The summed E-state index contributed by atoms with van der Waals surface area (Å²) < 4.78 is 0. The van der Waals surface area contributed by atoms with Crippen molar-refractivity contribution in [1.82, 2.24) is 4.98 Å². The highest BCUT2D eigenvalue weighted by molar-refractivity contribution is 6.46. The highest BCUT2D eigenvalue weighted by Gasteiger charge is 2.19. The third kappa shape index (κ3) is 4.15. The predicted molar refractivity (Wildman–Crippen MR) is 114 cm³/mol. The first-order chi connectivity index (χ1) is 12.8. The van der Waals surface area contributed by atoms with Crippen LogP contribution in [-0.4, -0.2) is 4.98 Å². The number of halogens is 6. The summed E-state index contributed by atoms with van der Waals surface area (Å²) in [7, 11) is 0. The number of benzene rings is 2. The van der Waals surface area contributed by atoms with Crippen LogP contribution in [-0.2, 0) is 6.42 Å². The summed E-state index contributed by atoms with van der Waals surface area (Å²) in [6.45, 7) is 0. The Labute approximate surface area is 186 Å². The summed E-state index contributed by atoms with van der Waals surface area (Å²) in [6, 6.07) is 8.59. The van der Waals surface area contributed by atoms with E-state index in [1.54, 1.807) is 36.7 Å². The second-order valence-corrected chi connectivity index (χ2v) is 7.99. The maximum atomic E-state index is 9.38. The predicted octanol–water partition coefficient (Wildman–Crippen LogP) is 8.40. The molecular weight excluding hydrogens is 469 g/mol. The zero-order chi connectivity index (χ0) is 19.7. The molecule has 0 saturated heterocycles. The Hall–Kier alpha value is -1.18. The van der Waals surface area contributed by atoms with E-state index in [4.69, 9.17) is 69.6 Å². The van der Waals surface area contributed by atoms with Crippen LogP contribution in [0.5, 0.6) is 0 Å². The Morgan fingerprint density at radius 3 is 1.56 bits per heavy atom. The van der Waals surface area contributed by atoms with E-state index in [2.05, 4.69) is 11.1 Å². The lowest BCUT2D eigenvalue weighted by molar-refractivity contribution is 1.22. The Kier molecular flexibility index (Phi) is 6.43. The monoisotopic (exact) mass is 474 g/mol. The van der Waals surface area contributed by atoms with E-state index in [9.17, 15) is 5.26 Å². The number of hydrogen-bond donors (Lipinski definition) is 0. The van der Waals surface area contributed by atoms with Gasteiger partial charge in [0.25, 0.3) is 0 Å². The van der Waals surface area contributed by atoms with Gasteiger partial charge in [-0.3, -0.25) is 4.98 Å². The maximum Gasteiger partial charge on any atom is 0.0672 e. The van der Waals surface area contributed by atoms with Crippen LogP contribution >= 0.6 is 69.6 Å². The second kappa shape index (κ2) is 8.45. The molecule has 3 rings (SSSR count). The van der Waals surface area contributed by atoms with E-state index in [1.807, 2.05) is 0 Å². The molecule has 0 saturated carbocycles. The minimum atomic E-state index is 0.0775. The maximum absolute atomic E-state index is 9.38. The number of nitrogens with zero attached hydrogens (tertiary/aromatic N) is 2. The van der Waals surface area contributed by atoms with Gasteiger partial charge in [-0.1, -0.05) is 69.6 Å². The molecule has 0 aliphatic carbocycles. The van der Waals surface area contributed by atoms with Crippen LogP contribution in [0.3, 0.4) is 0 Å². The van der Waals surface area contributed by atoms with Gasteiger partial charge in [-0.15, -0.1) is 0 Å². The van der Waals surface area contributed by atoms with E-state index in [0.717, 1.165) is 0 Å². The first kappa shape index (κ1) is 20.6. The molecular formula is C19H8Cl6N2. The van der Waals surface area contributed by atoms with E-state index < -0.39 is 0 Å².